The molecule has 100 valence electrons. The summed E-state index contributed by atoms with van der Waals surface area (Å²) in [5.74, 6) is 1.50. The lowest BCUT2D eigenvalue weighted by Gasteiger charge is -2.23. The first kappa shape index (κ1) is 13.8. The first-order valence-corrected chi connectivity index (χ1v) is 6.93. The lowest BCUT2D eigenvalue weighted by Crippen LogP contribution is -2.23. The van der Waals surface area contributed by atoms with E-state index in [0.717, 1.165) is 30.2 Å². The molecule has 0 unspecified atom stereocenters. The van der Waals surface area contributed by atoms with Gasteiger partial charge in [0, 0.05) is 37.1 Å². The zero-order chi connectivity index (χ0) is 13.7. The summed E-state index contributed by atoms with van der Waals surface area (Å²) < 4.78 is 0. The van der Waals surface area contributed by atoms with Crippen LogP contribution in [0.2, 0.25) is 0 Å². The van der Waals surface area contributed by atoms with Crippen LogP contribution in [0.4, 0.5) is 5.82 Å². The Balaban J connectivity index is 2.24. The molecule has 4 heteroatoms. The maximum absolute atomic E-state index is 5.92. The Labute approximate surface area is 119 Å². The van der Waals surface area contributed by atoms with Crippen molar-refractivity contribution in [1.29, 1.82) is 0 Å². The van der Waals surface area contributed by atoms with Gasteiger partial charge >= 0.3 is 0 Å². The first-order valence-electron chi connectivity index (χ1n) is 6.40. The van der Waals surface area contributed by atoms with Gasteiger partial charge in [-0.25, -0.2) is 4.98 Å². The van der Waals surface area contributed by atoms with E-state index < -0.39 is 0 Å². The van der Waals surface area contributed by atoms with Crippen molar-refractivity contribution in [3.8, 4) is 0 Å². The third-order valence-electron chi connectivity index (χ3n) is 2.98. The molecule has 3 nitrogen and oxygen atoms in total. The van der Waals surface area contributed by atoms with Gasteiger partial charge in [-0.15, -0.1) is 11.6 Å². The molecular weight excluding hydrogens is 258 g/mol. The SMILES string of the molecule is CCN(Cc1ccncc1)c1cc(CCl)cc(C)n1. The first-order chi connectivity index (χ1) is 9.22. The number of rotatable bonds is 5. The van der Waals surface area contributed by atoms with Crippen LogP contribution in [-0.4, -0.2) is 16.5 Å². The van der Waals surface area contributed by atoms with Gasteiger partial charge in [0.2, 0.25) is 0 Å². The number of alkyl halides is 1. The number of hydrogen-bond acceptors (Lipinski definition) is 3. The molecule has 0 aliphatic heterocycles. The highest BCUT2D eigenvalue weighted by Crippen LogP contribution is 2.18. The predicted molar refractivity (Wildman–Crippen MR) is 79.5 cm³/mol. The van der Waals surface area contributed by atoms with Crippen LogP contribution < -0.4 is 4.90 Å². The highest BCUT2D eigenvalue weighted by molar-refractivity contribution is 6.17. The van der Waals surface area contributed by atoms with Crippen molar-refractivity contribution in [2.45, 2.75) is 26.3 Å². The van der Waals surface area contributed by atoms with Crippen LogP contribution in [0.3, 0.4) is 0 Å². The predicted octanol–water partition coefficient (Wildman–Crippen LogP) is 3.55. The standard InChI is InChI=1S/C15H18ClN3/c1-3-19(11-13-4-6-17-7-5-13)15-9-14(10-16)8-12(2)18-15/h4-9H,3,10-11H2,1-2H3. The van der Waals surface area contributed by atoms with E-state index in [1.807, 2.05) is 37.5 Å². The molecule has 0 aromatic carbocycles. The van der Waals surface area contributed by atoms with Crippen LogP contribution in [0.1, 0.15) is 23.7 Å². The van der Waals surface area contributed by atoms with E-state index in [9.17, 15) is 0 Å². The lowest BCUT2D eigenvalue weighted by molar-refractivity contribution is 0.808. The van der Waals surface area contributed by atoms with Gasteiger partial charge in [-0.05, 0) is 49.2 Å². The number of pyridine rings is 2. The summed E-state index contributed by atoms with van der Waals surface area (Å²) in [6.45, 7) is 5.86. The molecule has 0 saturated heterocycles. The van der Waals surface area contributed by atoms with Gasteiger partial charge in [0.15, 0.2) is 0 Å². The minimum absolute atomic E-state index is 0.517. The Morgan fingerprint density at radius 2 is 1.89 bits per heavy atom. The van der Waals surface area contributed by atoms with Crippen LogP contribution in [0.5, 0.6) is 0 Å². The molecule has 0 radical (unpaired) electrons. The third kappa shape index (κ3) is 3.67. The average molecular weight is 276 g/mol. The summed E-state index contributed by atoms with van der Waals surface area (Å²) in [5.41, 5.74) is 3.34. The fourth-order valence-corrected chi connectivity index (χ4v) is 2.18. The van der Waals surface area contributed by atoms with Crippen molar-refractivity contribution < 1.29 is 0 Å². The maximum atomic E-state index is 5.92. The second kappa shape index (κ2) is 6.53. The third-order valence-corrected chi connectivity index (χ3v) is 3.29. The number of nitrogens with zero attached hydrogens (tertiary/aromatic N) is 3. The molecule has 2 aromatic heterocycles. The van der Waals surface area contributed by atoms with E-state index >= 15 is 0 Å². The van der Waals surface area contributed by atoms with Crippen LogP contribution >= 0.6 is 11.6 Å². The molecule has 0 saturated carbocycles. The van der Waals surface area contributed by atoms with Gasteiger partial charge in [-0.3, -0.25) is 4.98 Å². The molecule has 0 fully saturated rings. The monoisotopic (exact) mass is 275 g/mol. The fourth-order valence-electron chi connectivity index (χ4n) is 2.02. The Bertz CT molecular complexity index is 528. The number of aromatic nitrogens is 2. The van der Waals surface area contributed by atoms with Crippen LogP contribution in [0.15, 0.2) is 36.7 Å². The van der Waals surface area contributed by atoms with Gasteiger partial charge in [0.25, 0.3) is 0 Å². The van der Waals surface area contributed by atoms with Crippen LogP contribution in [0, 0.1) is 6.92 Å². The highest BCUT2D eigenvalue weighted by Gasteiger charge is 2.08. The summed E-state index contributed by atoms with van der Waals surface area (Å²) in [7, 11) is 0. The minimum atomic E-state index is 0.517. The second-order valence-electron chi connectivity index (χ2n) is 4.48. The van der Waals surface area contributed by atoms with E-state index in [0.29, 0.717) is 5.88 Å². The van der Waals surface area contributed by atoms with Crippen molar-refractivity contribution in [2.24, 2.45) is 0 Å². The molecule has 0 aliphatic carbocycles. The van der Waals surface area contributed by atoms with E-state index in [2.05, 4.69) is 27.9 Å². The van der Waals surface area contributed by atoms with Crippen molar-refractivity contribution in [1.82, 2.24) is 9.97 Å². The van der Waals surface area contributed by atoms with Crippen molar-refractivity contribution in [3.63, 3.8) is 0 Å². The summed E-state index contributed by atoms with van der Waals surface area (Å²) in [5, 5.41) is 0. The van der Waals surface area contributed by atoms with Gasteiger partial charge in [0.1, 0.15) is 5.82 Å². The lowest BCUT2D eigenvalue weighted by atomic mass is 10.2. The number of aryl methyl sites for hydroxylation is 1. The van der Waals surface area contributed by atoms with Crippen molar-refractivity contribution >= 4 is 17.4 Å². The van der Waals surface area contributed by atoms with E-state index in [1.165, 1.54) is 5.56 Å². The molecular formula is C15H18ClN3. The van der Waals surface area contributed by atoms with E-state index in [-0.39, 0.29) is 0 Å². The zero-order valence-electron chi connectivity index (χ0n) is 11.3. The maximum Gasteiger partial charge on any atom is 0.129 e. The van der Waals surface area contributed by atoms with Gasteiger partial charge in [-0.1, -0.05) is 0 Å². The normalized spacial score (nSPS) is 10.5. The molecule has 2 aromatic rings. The molecule has 2 rings (SSSR count). The van der Waals surface area contributed by atoms with Crippen molar-refractivity contribution in [3.05, 3.63) is 53.5 Å². The summed E-state index contributed by atoms with van der Waals surface area (Å²) in [6, 6.07) is 8.14. The Morgan fingerprint density at radius 1 is 1.16 bits per heavy atom. The van der Waals surface area contributed by atoms with Gasteiger partial charge in [-0.2, -0.15) is 0 Å². The smallest absolute Gasteiger partial charge is 0.129 e. The quantitative estimate of drug-likeness (QED) is 0.782. The van der Waals surface area contributed by atoms with E-state index in [4.69, 9.17) is 11.6 Å². The Morgan fingerprint density at radius 3 is 2.53 bits per heavy atom. The van der Waals surface area contributed by atoms with E-state index in [1.54, 1.807) is 0 Å². The fraction of sp³-hybridized carbons (Fsp3) is 0.333. The second-order valence-corrected chi connectivity index (χ2v) is 4.75. The molecule has 0 bridgehead atoms. The molecule has 0 atom stereocenters. The largest absolute Gasteiger partial charge is 0.353 e. The highest BCUT2D eigenvalue weighted by atomic mass is 35.5. The molecule has 0 amide bonds. The van der Waals surface area contributed by atoms with Crippen LogP contribution in [-0.2, 0) is 12.4 Å². The molecule has 19 heavy (non-hydrogen) atoms. The summed E-state index contributed by atoms with van der Waals surface area (Å²) in [6.07, 6.45) is 3.63. The number of halogens is 1. The minimum Gasteiger partial charge on any atom is -0.353 e. The summed E-state index contributed by atoms with van der Waals surface area (Å²) in [4.78, 5) is 10.9. The zero-order valence-corrected chi connectivity index (χ0v) is 12.1. The van der Waals surface area contributed by atoms with Crippen molar-refractivity contribution in [2.75, 3.05) is 11.4 Å². The summed E-state index contributed by atoms with van der Waals surface area (Å²) >= 11 is 5.92. The number of hydrogen-bond donors (Lipinski definition) is 0. The molecule has 0 aliphatic rings. The molecule has 0 spiro atoms. The Hall–Kier alpha value is -1.61. The average Bonchev–Trinajstić information content (AvgIpc) is 2.45. The number of anilines is 1. The Kier molecular flexibility index (Phi) is 4.74. The van der Waals surface area contributed by atoms with Gasteiger partial charge in [0.05, 0.1) is 0 Å². The topological polar surface area (TPSA) is 29.0 Å². The molecule has 0 N–H and O–H groups in total. The van der Waals surface area contributed by atoms with Crippen LogP contribution in [0.25, 0.3) is 0 Å². The molecule has 2 heterocycles. The van der Waals surface area contributed by atoms with Gasteiger partial charge < -0.3 is 4.90 Å².